The van der Waals surface area contributed by atoms with Crippen LogP contribution in [0.4, 0.5) is 0 Å². The summed E-state index contributed by atoms with van der Waals surface area (Å²) in [5, 5.41) is 15.7. The molecule has 24 heavy (non-hydrogen) atoms. The van der Waals surface area contributed by atoms with Gasteiger partial charge in [0.1, 0.15) is 12.2 Å². The zero-order valence-electron chi connectivity index (χ0n) is 14.6. The standard InChI is InChI=1S/C19H26N4O/c1-16(2)24-13-7-11-21-14-18-15-23(12-6-10-20)22-19(18)17-8-4-3-5-9-17/h3-5,8-9,15-16,21H,6-7,11-14H2,1-2H3/p+1. The Kier molecular flexibility index (Phi) is 7.47. The van der Waals surface area contributed by atoms with E-state index in [-0.39, 0.29) is 0 Å². The second-order valence-corrected chi connectivity index (χ2v) is 6.09. The lowest BCUT2D eigenvalue weighted by Crippen LogP contribution is -2.82. The van der Waals surface area contributed by atoms with Crippen molar-refractivity contribution in [2.45, 2.75) is 45.9 Å². The molecular weight excluding hydrogens is 300 g/mol. The van der Waals surface area contributed by atoms with E-state index in [1.807, 2.05) is 22.9 Å². The molecule has 0 aliphatic heterocycles. The van der Waals surface area contributed by atoms with Crippen molar-refractivity contribution < 1.29 is 10.1 Å². The van der Waals surface area contributed by atoms with Gasteiger partial charge in [-0.2, -0.15) is 10.4 Å². The topological polar surface area (TPSA) is 67.5 Å². The molecule has 0 aliphatic rings. The van der Waals surface area contributed by atoms with E-state index in [2.05, 4.69) is 48.7 Å². The number of aryl methyl sites for hydroxylation is 1. The fraction of sp³-hybridized carbons (Fsp3) is 0.474. The number of ether oxygens (including phenoxy) is 1. The third-order valence-corrected chi connectivity index (χ3v) is 3.71. The molecule has 5 nitrogen and oxygen atoms in total. The van der Waals surface area contributed by atoms with Crippen LogP contribution in [-0.2, 0) is 17.8 Å². The van der Waals surface area contributed by atoms with Gasteiger partial charge in [0, 0.05) is 18.2 Å². The molecule has 0 unspecified atom stereocenters. The number of quaternary nitrogens is 1. The molecule has 2 rings (SSSR count). The van der Waals surface area contributed by atoms with Gasteiger partial charge in [-0.3, -0.25) is 4.68 Å². The van der Waals surface area contributed by atoms with E-state index in [9.17, 15) is 0 Å². The molecule has 0 bridgehead atoms. The van der Waals surface area contributed by atoms with E-state index < -0.39 is 0 Å². The Balaban J connectivity index is 1.96. The Morgan fingerprint density at radius 3 is 2.79 bits per heavy atom. The first-order chi connectivity index (χ1) is 11.7. The average molecular weight is 327 g/mol. The summed E-state index contributed by atoms with van der Waals surface area (Å²) in [6.45, 7) is 7.49. The number of aromatic nitrogens is 2. The van der Waals surface area contributed by atoms with Crippen LogP contribution in [-0.4, -0.2) is 29.0 Å². The van der Waals surface area contributed by atoms with Crippen molar-refractivity contribution in [1.29, 1.82) is 5.26 Å². The predicted octanol–water partition coefficient (Wildman–Crippen LogP) is 2.34. The third kappa shape index (κ3) is 5.80. The van der Waals surface area contributed by atoms with Gasteiger partial charge >= 0.3 is 0 Å². The summed E-state index contributed by atoms with van der Waals surface area (Å²) in [5.41, 5.74) is 3.35. The van der Waals surface area contributed by atoms with Gasteiger partial charge in [-0.15, -0.1) is 0 Å². The second kappa shape index (κ2) is 9.86. The molecule has 0 saturated heterocycles. The van der Waals surface area contributed by atoms with Gasteiger partial charge in [0.05, 0.1) is 43.9 Å². The number of hydrogen-bond acceptors (Lipinski definition) is 3. The first kappa shape index (κ1) is 18.2. The number of rotatable bonds is 10. The molecular formula is C19H27N4O+. The van der Waals surface area contributed by atoms with Crippen molar-refractivity contribution in [3.8, 4) is 17.3 Å². The van der Waals surface area contributed by atoms with Crippen LogP contribution in [0.5, 0.6) is 0 Å². The fourth-order valence-corrected chi connectivity index (χ4v) is 2.53. The molecule has 2 aromatic rings. The van der Waals surface area contributed by atoms with Crippen LogP contribution in [0, 0.1) is 11.3 Å². The lowest BCUT2D eigenvalue weighted by atomic mass is 10.1. The van der Waals surface area contributed by atoms with E-state index in [1.165, 1.54) is 5.56 Å². The summed E-state index contributed by atoms with van der Waals surface area (Å²) in [4.78, 5) is 0. The van der Waals surface area contributed by atoms with Gasteiger partial charge in [-0.1, -0.05) is 30.3 Å². The highest BCUT2D eigenvalue weighted by Gasteiger charge is 2.12. The van der Waals surface area contributed by atoms with Gasteiger partial charge in [-0.05, 0) is 13.8 Å². The highest BCUT2D eigenvalue weighted by Crippen LogP contribution is 2.21. The third-order valence-electron chi connectivity index (χ3n) is 3.71. The van der Waals surface area contributed by atoms with Crippen LogP contribution in [0.15, 0.2) is 36.5 Å². The first-order valence-corrected chi connectivity index (χ1v) is 8.62. The lowest BCUT2D eigenvalue weighted by Gasteiger charge is -2.06. The fourth-order valence-electron chi connectivity index (χ4n) is 2.53. The zero-order valence-corrected chi connectivity index (χ0v) is 14.6. The Morgan fingerprint density at radius 1 is 1.29 bits per heavy atom. The molecule has 5 heteroatoms. The molecule has 0 amide bonds. The molecule has 2 N–H and O–H groups in total. The summed E-state index contributed by atoms with van der Waals surface area (Å²) in [5.74, 6) is 0. The molecule has 0 spiro atoms. The highest BCUT2D eigenvalue weighted by atomic mass is 16.5. The smallest absolute Gasteiger partial charge is 0.105 e. The Bertz CT molecular complexity index is 643. The van der Waals surface area contributed by atoms with Crippen LogP contribution in [0.25, 0.3) is 11.3 Å². The maximum atomic E-state index is 8.77. The normalized spacial score (nSPS) is 10.9. The Morgan fingerprint density at radius 2 is 2.08 bits per heavy atom. The maximum Gasteiger partial charge on any atom is 0.105 e. The molecule has 0 atom stereocenters. The SMILES string of the molecule is CC(C)OCCC[NH2+]Cc1cn(CCC#N)nc1-c1ccccc1. The van der Waals surface area contributed by atoms with Crippen molar-refractivity contribution in [3.05, 3.63) is 42.1 Å². The summed E-state index contributed by atoms with van der Waals surface area (Å²) >= 11 is 0. The van der Waals surface area contributed by atoms with Crippen LogP contribution >= 0.6 is 0 Å². The number of nitriles is 1. The Hall–Kier alpha value is -2.16. The van der Waals surface area contributed by atoms with E-state index in [1.54, 1.807) is 0 Å². The molecule has 1 aromatic carbocycles. The summed E-state index contributed by atoms with van der Waals surface area (Å²) in [6, 6.07) is 12.4. The minimum absolute atomic E-state index is 0.299. The second-order valence-electron chi connectivity index (χ2n) is 6.09. The van der Waals surface area contributed by atoms with Crippen molar-refractivity contribution in [2.24, 2.45) is 0 Å². The van der Waals surface area contributed by atoms with Crippen molar-refractivity contribution in [3.63, 3.8) is 0 Å². The number of nitrogens with zero attached hydrogens (tertiary/aromatic N) is 3. The molecule has 0 saturated carbocycles. The van der Waals surface area contributed by atoms with Crippen molar-refractivity contribution in [2.75, 3.05) is 13.2 Å². The van der Waals surface area contributed by atoms with Crippen molar-refractivity contribution >= 4 is 0 Å². The van der Waals surface area contributed by atoms with E-state index in [4.69, 9.17) is 10.00 Å². The van der Waals surface area contributed by atoms with Crippen LogP contribution < -0.4 is 5.32 Å². The van der Waals surface area contributed by atoms with Crippen LogP contribution in [0.1, 0.15) is 32.3 Å². The molecule has 128 valence electrons. The molecule has 0 aliphatic carbocycles. The van der Waals surface area contributed by atoms with E-state index >= 15 is 0 Å². The number of benzene rings is 1. The summed E-state index contributed by atoms with van der Waals surface area (Å²) < 4.78 is 7.45. The number of hydrogen-bond donors (Lipinski definition) is 1. The first-order valence-electron chi connectivity index (χ1n) is 8.62. The zero-order chi connectivity index (χ0) is 17.2. The molecule has 0 radical (unpaired) electrons. The van der Waals surface area contributed by atoms with Gasteiger partial charge < -0.3 is 10.1 Å². The number of nitrogens with two attached hydrogens (primary N) is 1. The molecule has 0 fully saturated rings. The van der Waals surface area contributed by atoms with Crippen molar-refractivity contribution in [1.82, 2.24) is 9.78 Å². The van der Waals surface area contributed by atoms with Crippen LogP contribution in [0.3, 0.4) is 0 Å². The predicted molar refractivity (Wildman–Crippen MR) is 94.1 cm³/mol. The highest BCUT2D eigenvalue weighted by molar-refractivity contribution is 5.62. The molecule has 1 heterocycles. The minimum Gasteiger partial charge on any atom is -0.379 e. The van der Waals surface area contributed by atoms with E-state index in [0.717, 1.165) is 37.4 Å². The van der Waals surface area contributed by atoms with Gasteiger partial charge in [0.15, 0.2) is 0 Å². The van der Waals surface area contributed by atoms with Gasteiger partial charge in [0.25, 0.3) is 0 Å². The Labute approximate surface area is 144 Å². The average Bonchev–Trinajstić information content (AvgIpc) is 2.99. The largest absolute Gasteiger partial charge is 0.379 e. The van der Waals surface area contributed by atoms with E-state index in [0.29, 0.717) is 19.1 Å². The van der Waals surface area contributed by atoms with Crippen LogP contribution in [0.2, 0.25) is 0 Å². The maximum absolute atomic E-state index is 8.77. The summed E-state index contributed by atoms with van der Waals surface area (Å²) in [7, 11) is 0. The molecule has 1 aromatic heterocycles. The lowest BCUT2D eigenvalue weighted by molar-refractivity contribution is -0.671. The summed E-state index contributed by atoms with van der Waals surface area (Å²) in [6.07, 6.45) is 3.89. The quantitative estimate of drug-likeness (QED) is 0.681. The monoisotopic (exact) mass is 327 g/mol. The van der Waals surface area contributed by atoms with Gasteiger partial charge in [-0.25, -0.2) is 0 Å². The van der Waals surface area contributed by atoms with Gasteiger partial charge in [0.2, 0.25) is 0 Å². The minimum atomic E-state index is 0.299.